The lowest BCUT2D eigenvalue weighted by Gasteiger charge is -2.02. The van der Waals surface area contributed by atoms with Gasteiger partial charge in [0.15, 0.2) is 0 Å². The van der Waals surface area contributed by atoms with Gasteiger partial charge in [0.05, 0.1) is 11.2 Å². The topological polar surface area (TPSA) is 39.2 Å². The van der Waals surface area contributed by atoms with Crippen LogP contribution in [0.15, 0.2) is 66.7 Å². The van der Waals surface area contributed by atoms with E-state index < -0.39 is 5.97 Å². The maximum atomic E-state index is 11.8. The zero-order chi connectivity index (χ0) is 15.4. The van der Waals surface area contributed by atoms with Gasteiger partial charge in [0, 0.05) is 11.5 Å². The average molecular weight is 289 g/mol. The van der Waals surface area contributed by atoms with Crippen LogP contribution in [0.1, 0.15) is 11.3 Å². The van der Waals surface area contributed by atoms with Gasteiger partial charge in [0.25, 0.3) is 0 Å². The minimum Gasteiger partial charge on any atom is -0.423 e. The van der Waals surface area contributed by atoms with Crippen LogP contribution in [-0.4, -0.2) is 11.0 Å². The Kier molecular flexibility index (Phi) is 3.97. The van der Waals surface area contributed by atoms with Gasteiger partial charge in [-0.25, -0.2) is 9.78 Å². The third kappa shape index (κ3) is 3.38. The number of esters is 1. The summed E-state index contributed by atoms with van der Waals surface area (Å²) in [6.45, 7) is 1.95. The summed E-state index contributed by atoms with van der Waals surface area (Å²) in [6.07, 6.45) is 3.05. The number of nitrogens with zero attached hydrogens (tertiary/aromatic N) is 1. The highest BCUT2D eigenvalue weighted by atomic mass is 16.5. The van der Waals surface area contributed by atoms with Crippen LogP contribution in [0.2, 0.25) is 0 Å². The summed E-state index contributed by atoms with van der Waals surface area (Å²) in [4.78, 5) is 16.3. The minimum atomic E-state index is -0.416. The molecule has 0 radical (unpaired) electrons. The van der Waals surface area contributed by atoms with E-state index in [0.29, 0.717) is 5.75 Å². The maximum Gasteiger partial charge on any atom is 0.336 e. The molecule has 3 aromatic rings. The number of ether oxygens (including phenoxy) is 1. The van der Waals surface area contributed by atoms with Crippen molar-refractivity contribution in [3.63, 3.8) is 0 Å². The number of fused-ring (bicyclic) bond motifs is 1. The molecular weight excluding hydrogens is 274 g/mol. The van der Waals surface area contributed by atoms with Crippen molar-refractivity contribution in [2.24, 2.45) is 0 Å². The molecule has 0 N–H and O–H groups in total. The van der Waals surface area contributed by atoms with Gasteiger partial charge in [-0.3, -0.25) is 0 Å². The summed E-state index contributed by atoms with van der Waals surface area (Å²) >= 11 is 0. The molecule has 0 aliphatic carbocycles. The largest absolute Gasteiger partial charge is 0.423 e. The molecule has 0 saturated carbocycles. The molecule has 3 nitrogen and oxygen atoms in total. The van der Waals surface area contributed by atoms with Crippen LogP contribution in [0.4, 0.5) is 0 Å². The first-order chi connectivity index (χ1) is 10.7. The fourth-order valence-corrected chi connectivity index (χ4v) is 2.16. The van der Waals surface area contributed by atoms with Gasteiger partial charge in [0.2, 0.25) is 0 Å². The van der Waals surface area contributed by atoms with Gasteiger partial charge in [-0.05, 0) is 42.8 Å². The predicted octanol–water partition coefficient (Wildman–Crippen LogP) is 4.16. The Morgan fingerprint density at radius 2 is 1.91 bits per heavy atom. The summed E-state index contributed by atoms with van der Waals surface area (Å²) in [7, 11) is 0. The molecule has 2 aromatic carbocycles. The van der Waals surface area contributed by atoms with Crippen LogP contribution >= 0.6 is 0 Å². The normalized spacial score (nSPS) is 11.0. The zero-order valence-electron chi connectivity index (χ0n) is 12.2. The average Bonchev–Trinajstić information content (AvgIpc) is 2.53. The van der Waals surface area contributed by atoms with E-state index >= 15 is 0 Å². The smallest absolute Gasteiger partial charge is 0.336 e. The lowest BCUT2D eigenvalue weighted by atomic mass is 10.2. The van der Waals surface area contributed by atoms with Crippen molar-refractivity contribution in [2.75, 3.05) is 0 Å². The number of aryl methyl sites for hydroxylation is 1. The highest BCUT2D eigenvalue weighted by Gasteiger charge is 2.01. The third-order valence-electron chi connectivity index (χ3n) is 3.22. The summed E-state index contributed by atoms with van der Waals surface area (Å²) in [5.41, 5.74) is 2.67. The number of carbonyl (C=O) groups excluding carboxylic acids is 1. The Morgan fingerprint density at radius 3 is 2.77 bits per heavy atom. The molecule has 22 heavy (non-hydrogen) atoms. The molecule has 1 aromatic heterocycles. The van der Waals surface area contributed by atoms with Crippen LogP contribution in [-0.2, 0) is 4.79 Å². The summed E-state index contributed by atoms with van der Waals surface area (Å²) < 4.78 is 5.25. The molecule has 0 saturated heterocycles. The van der Waals surface area contributed by atoms with Crippen LogP contribution in [0, 0.1) is 6.92 Å². The van der Waals surface area contributed by atoms with Gasteiger partial charge >= 0.3 is 5.97 Å². The van der Waals surface area contributed by atoms with E-state index in [4.69, 9.17) is 4.74 Å². The minimum absolute atomic E-state index is 0.416. The molecule has 1 heterocycles. The van der Waals surface area contributed by atoms with Crippen LogP contribution in [0.25, 0.3) is 17.0 Å². The van der Waals surface area contributed by atoms with Crippen molar-refractivity contribution in [2.45, 2.75) is 6.92 Å². The Morgan fingerprint density at radius 1 is 1.05 bits per heavy atom. The first-order valence-corrected chi connectivity index (χ1v) is 7.03. The Balaban J connectivity index is 1.73. The van der Waals surface area contributed by atoms with Crippen molar-refractivity contribution >= 4 is 22.9 Å². The highest BCUT2D eigenvalue weighted by molar-refractivity contribution is 5.89. The van der Waals surface area contributed by atoms with Gasteiger partial charge in [-0.15, -0.1) is 0 Å². The number of carbonyl (C=O) groups is 1. The molecule has 3 heteroatoms. The van der Waals surface area contributed by atoms with Crippen molar-refractivity contribution < 1.29 is 9.53 Å². The molecule has 0 atom stereocenters. The van der Waals surface area contributed by atoms with Crippen LogP contribution in [0.3, 0.4) is 0 Å². The summed E-state index contributed by atoms with van der Waals surface area (Å²) in [5, 5.41) is 1.07. The number of hydrogen-bond acceptors (Lipinski definition) is 3. The Bertz CT molecular complexity index is 853. The van der Waals surface area contributed by atoms with E-state index in [0.717, 1.165) is 22.2 Å². The van der Waals surface area contributed by atoms with E-state index in [9.17, 15) is 4.79 Å². The number of para-hydroxylation sites is 1. The number of hydrogen-bond donors (Lipinski definition) is 0. The SMILES string of the molecule is Cc1cccc(OC(=O)C=Cc2ccc3ccccc3n2)c1. The van der Waals surface area contributed by atoms with Crippen molar-refractivity contribution in [3.05, 3.63) is 78.0 Å². The van der Waals surface area contributed by atoms with Crippen molar-refractivity contribution in [1.82, 2.24) is 4.98 Å². The predicted molar refractivity (Wildman–Crippen MR) is 87.6 cm³/mol. The number of pyridine rings is 1. The molecular formula is C19H15NO2. The van der Waals surface area contributed by atoms with E-state index in [1.807, 2.05) is 61.5 Å². The van der Waals surface area contributed by atoms with Gasteiger partial charge in [-0.1, -0.05) is 36.4 Å². The molecule has 0 amide bonds. The van der Waals surface area contributed by atoms with E-state index in [-0.39, 0.29) is 0 Å². The molecule has 3 rings (SSSR count). The van der Waals surface area contributed by atoms with Gasteiger partial charge in [-0.2, -0.15) is 0 Å². The second kappa shape index (κ2) is 6.22. The summed E-state index contributed by atoms with van der Waals surface area (Å²) in [6, 6.07) is 19.1. The van der Waals surface area contributed by atoms with Gasteiger partial charge in [0.1, 0.15) is 5.75 Å². The molecule has 0 fully saturated rings. The first kappa shape index (κ1) is 14.0. The maximum absolute atomic E-state index is 11.8. The lowest BCUT2D eigenvalue weighted by molar-refractivity contribution is -0.128. The van der Waals surface area contributed by atoms with Gasteiger partial charge < -0.3 is 4.74 Å². The van der Waals surface area contributed by atoms with Crippen molar-refractivity contribution in [1.29, 1.82) is 0 Å². The second-order valence-electron chi connectivity index (χ2n) is 5.00. The standard InChI is InChI=1S/C19H15NO2/c1-14-5-4-7-17(13-14)22-19(21)12-11-16-10-9-15-6-2-3-8-18(15)20-16/h2-13H,1H3. The summed E-state index contributed by atoms with van der Waals surface area (Å²) in [5.74, 6) is 0.127. The Hall–Kier alpha value is -2.94. The quantitative estimate of drug-likeness (QED) is 0.413. The molecule has 0 aliphatic rings. The van der Waals surface area contributed by atoms with E-state index in [2.05, 4.69) is 4.98 Å². The first-order valence-electron chi connectivity index (χ1n) is 7.03. The fraction of sp³-hybridized carbons (Fsp3) is 0.0526. The number of rotatable bonds is 3. The number of aromatic nitrogens is 1. The molecule has 108 valence electrons. The molecule has 0 aliphatic heterocycles. The molecule has 0 spiro atoms. The third-order valence-corrected chi connectivity index (χ3v) is 3.22. The van der Waals surface area contributed by atoms with Crippen LogP contribution in [0.5, 0.6) is 5.75 Å². The molecule has 0 bridgehead atoms. The second-order valence-corrected chi connectivity index (χ2v) is 5.00. The van der Waals surface area contributed by atoms with E-state index in [1.54, 1.807) is 12.1 Å². The monoisotopic (exact) mass is 289 g/mol. The van der Waals surface area contributed by atoms with Crippen molar-refractivity contribution in [3.8, 4) is 5.75 Å². The molecule has 0 unspecified atom stereocenters. The fourth-order valence-electron chi connectivity index (χ4n) is 2.16. The number of benzene rings is 2. The Labute approximate surface area is 128 Å². The van der Waals surface area contributed by atoms with Crippen LogP contribution < -0.4 is 4.74 Å². The lowest BCUT2D eigenvalue weighted by Crippen LogP contribution is -2.03. The highest BCUT2D eigenvalue weighted by Crippen LogP contribution is 2.14. The van der Waals surface area contributed by atoms with E-state index in [1.165, 1.54) is 6.08 Å². The zero-order valence-corrected chi connectivity index (χ0v) is 12.2.